The summed E-state index contributed by atoms with van der Waals surface area (Å²) < 4.78 is 0. The maximum atomic E-state index is 12.5. The third-order valence-electron chi connectivity index (χ3n) is 4.06. The van der Waals surface area contributed by atoms with Crippen LogP contribution in [-0.4, -0.2) is 22.8 Å². The van der Waals surface area contributed by atoms with Gasteiger partial charge in [0.2, 0.25) is 11.8 Å². The smallest absolute Gasteiger partial charge is 0.237 e. The lowest BCUT2D eigenvalue weighted by atomic mass is 10.1. The molecule has 0 saturated carbocycles. The number of benzene rings is 2. The van der Waals surface area contributed by atoms with Crippen LogP contribution in [0.4, 0.5) is 11.4 Å². The highest BCUT2D eigenvalue weighted by molar-refractivity contribution is 8.01. The van der Waals surface area contributed by atoms with E-state index in [0.717, 1.165) is 28.1 Å². The minimum absolute atomic E-state index is 0.0894. The monoisotopic (exact) mass is 370 g/mol. The molecule has 2 aromatic rings. The van der Waals surface area contributed by atoms with Gasteiger partial charge in [-0.3, -0.25) is 9.59 Å². The van der Waals surface area contributed by atoms with Crippen molar-refractivity contribution in [1.29, 1.82) is 0 Å². The highest BCUT2D eigenvalue weighted by Gasteiger charge is 2.17. The molecule has 5 heteroatoms. The van der Waals surface area contributed by atoms with Crippen molar-refractivity contribution in [2.75, 3.05) is 16.4 Å². The number of amides is 2. The van der Waals surface area contributed by atoms with Crippen LogP contribution in [0, 0.1) is 27.7 Å². The molecular weight excluding hydrogens is 344 g/mol. The maximum absolute atomic E-state index is 12.5. The molecule has 2 aromatic carbocycles. The Kier molecular flexibility index (Phi) is 6.86. The van der Waals surface area contributed by atoms with Crippen molar-refractivity contribution in [2.24, 2.45) is 0 Å². The van der Waals surface area contributed by atoms with E-state index in [4.69, 9.17) is 0 Å². The van der Waals surface area contributed by atoms with Crippen molar-refractivity contribution in [3.05, 3.63) is 58.7 Å². The van der Waals surface area contributed by atoms with Crippen LogP contribution in [0.5, 0.6) is 0 Å². The zero-order chi connectivity index (χ0) is 19.3. The van der Waals surface area contributed by atoms with Crippen molar-refractivity contribution in [3.8, 4) is 0 Å². The topological polar surface area (TPSA) is 58.2 Å². The minimum atomic E-state index is -0.321. The van der Waals surface area contributed by atoms with Gasteiger partial charge in [0, 0.05) is 11.4 Å². The number of nitrogens with one attached hydrogen (secondary N) is 2. The highest BCUT2D eigenvalue weighted by Crippen LogP contribution is 2.23. The fraction of sp³-hybridized carbons (Fsp3) is 0.333. The molecule has 0 aliphatic rings. The third-order valence-corrected chi connectivity index (χ3v) is 5.20. The highest BCUT2D eigenvalue weighted by atomic mass is 32.2. The SMILES string of the molecule is Cc1cccc(NC(=O)CS[C@@H](C)C(=O)Nc2c(C)cc(C)cc2C)c1. The Morgan fingerprint density at radius 3 is 2.23 bits per heavy atom. The van der Waals surface area contributed by atoms with E-state index in [-0.39, 0.29) is 22.8 Å². The second kappa shape index (κ2) is 8.90. The summed E-state index contributed by atoms with van der Waals surface area (Å²) in [5.74, 6) is 0.0327. The van der Waals surface area contributed by atoms with E-state index < -0.39 is 0 Å². The lowest BCUT2D eigenvalue weighted by Gasteiger charge is -2.16. The number of hydrogen-bond acceptors (Lipinski definition) is 3. The van der Waals surface area contributed by atoms with E-state index in [9.17, 15) is 9.59 Å². The van der Waals surface area contributed by atoms with Gasteiger partial charge in [-0.1, -0.05) is 29.8 Å². The van der Waals surface area contributed by atoms with E-state index in [1.807, 2.05) is 58.9 Å². The molecule has 1 atom stereocenters. The Labute approximate surface area is 159 Å². The average Bonchev–Trinajstić information content (AvgIpc) is 2.55. The first kappa shape index (κ1) is 20.0. The Balaban J connectivity index is 1.88. The first-order valence-electron chi connectivity index (χ1n) is 8.63. The second-order valence-corrected chi connectivity index (χ2v) is 7.96. The van der Waals surface area contributed by atoms with Gasteiger partial charge in [-0.25, -0.2) is 0 Å². The van der Waals surface area contributed by atoms with Gasteiger partial charge in [-0.2, -0.15) is 0 Å². The van der Waals surface area contributed by atoms with E-state index in [0.29, 0.717) is 0 Å². The number of carbonyl (C=O) groups excluding carboxylic acids is 2. The summed E-state index contributed by atoms with van der Waals surface area (Å²) in [4.78, 5) is 24.5. The van der Waals surface area contributed by atoms with Gasteiger partial charge in [0.15, 0.2) is 0 Å². The number of anilines is 2. The molecule has 0 bridgehead atoms. The number of rotatable bonds is 6. The van der Waals surface area contributed by atoms with Gasteiger partial charge in [-0.15, -0.1) is 11.8 Å². The van der Waals surface area contributed by atoms with Crippen molar-refractivity contribution in [2.45, 2.75) is 39.9 Å². The summed E-state index contributed by atoms with van der Waals surface area (Å²) in [6.07, 6.45) is 0. The first-order chi connectivity index (χ1) is 12.3. The van der Waals surface area contributed by atoms with E-state index in [1.54, 1.807) is 0 Å². The fourth-order valence-electron chi connectivity index (χ4n) is 2.80. The molecule has 2 rings (SSSR count). The predicted octanol–water partition coefficient (Wildman–Crippen LogP) is 4.62. The van der Waals surface area contributed by atoms with Gasteiger partial charge in [0.1, 0.15) is 0 Å². The molecule has 4 nitrogen and oxygen atoms in total. The molecule has 0 aliphatic carbocycles. The number of carbonyl (C=O) groups is 2. The van der Waals surface area contributed by atoms with Crippen LogP contribution in [0.25, 0.3) is 0 Å². The van der Waals surface area contributed by atoms with Crippen LogP contribution in [-0.2, 0) is 9.59 Å². The average molecular weight is 371 g/mol. The standard InChI is InChI=1S/C21H26N2O2S/c1-13-7-6-8-18(11-13)22-19(24)12-26-17(5)21(25)23-20-15(3)9-14(2)10-16(20)4/h6-11,17H,12H2,1-5H3,(H,22,24)(H,23,25)/t17-/m0/s1. The van der Waals surface area contributed by atoms with Crippen molar-refractivity contribution >= 4 is 35.0 Å². The Hall–Kier alpha value is -2.27. The fourth-order valence-corrected chi connectivity index (χ4v) is 3.48. The van der Waals surface area contributed by atoms with Crippen LogP contribution in [0.15, 0.2) is 36.4 Å². The summed E-state index contributed by atoms with van der Waals surface area (Å²) in [7, 11) is 0. The summed E-state index contributed by atoms with van der Waals surface area (Å²) in [5.41, 5.74) is 5.99. The summed E-state index contributed by atoms with van der Waals surface area (Å²) in [6.45, 7) is 9.81. The van der Waals surface area contributed by atoms with Gasteiger partial charge in [-0.05, 0) is 63.4 Å². The van der Waals surface area contributed by atoms with Gasteiger partial charge in [0.25, 0.3) is 0 Å². The Bertz CT molecular complexity index is 794. The van der Waals surface area contributed by atoms with E-state index in [1.165, 1.54) is 17.3 Å². The third kappa shape index (κ3) is 5.63. The van der Waals surface area contributed by atoms with Crippen molar-refractivity contribution in [1.82, 2.24) is 0 Å². The van der Waals surface area contributed by atoms with Gasteiger partial charge in [0.05, 0.1) is 11.0 Å². The Morgan fingerprint density at radius 1 is 0.962 bits per heavy atom. The van der Waals surface area contributed by atoms with Gasteiger partial charge < -0.3 is 10.6 Å². The molecule has 0 unspecified atom stereocenters. The number of thioether (sulfide) groups is 1. The molecule has 0 saturated heterocycles. The van der Waals surface area contributed by atoms with Crippen LogP contribution in [0.2, 0.25) is 0 Å². The zero-order valence-electron chi connectivity index (χ0n) is 16.0. The van der Waals surface area contributed by atoms with Crippen LogP contribution in [0.1, 0.15) is 29.2 Å². The molecule has 0 spiro atoms. The van der Waals surface area contributed by atoms with E-state index in [2.05, 4.69) is 22.8 Å². The lowest BCUT2D eigenvalue weighted by molar-refractivity contribution is -0.115. The second-order valence-electron chi connectivity index (χ2n) is 6.63. The van der Waals surface area contributed by atoms with E-state index >= 15 is 0 Å². The molecule has 2 amide bonds. The molecule has 2 N–H and O–H groups in total. The molecule has 0 fully saturated rings. The van der Waals surface area contributed by atoms with Crippen molar-refractivity contribution < 1.29 is 9.59 Å². The molecule has 26 heavy (non-hydrogen) atoms. The molecule has 0 aromatic heterocycles. The van der Waals surface area contributed by atoms with Crippen molar-refractivity contribution in [3.63, 3.8) is 0 Å². The summed E-state index contributed by atoms with van der Waals surface area (Å²) in [5, 5.41) is 5.53. The summed E-state index contributed by atoms with van der Waals surface area (Å²) in [6, 6.07) is 11.8. The van der Waals surface area contributed by atoms with Crippen LogP contribution < -0.4 is 10.6 Å². The van der Waals surface area contributed by atoms with Crippen LogP contribution in [0.3, 0.4) is 0 Å². The summed E-state index contributed by atoms with van der Waals surface area (Å²) >= 11 is 1.33. The predicted molar refractivity (Wildman–Crippen MR) is 111 cm³/mol. The molecule has 138 valence electrons. The molecule has 0 heterocycles. The Morgan fingerprint density at radius 2 is 1.62 bits per heavy atom. The quantitative estimate of drug-likeness (QED) is 0.780. The largest absolute Gasteiger partial charge is 0.325 e. The number of hydrogen-bond donors (Lipinski definition) is 2. The van der Waals surface area contributed by atoms with Crippen LogP contribution >= 0.6 is 11.8 Å². The molecular formula is C21H26N2O2S. The first-order valence-corrected chi connectivity index (χ1v) is 9.68. The molecule has 0 radical (unpaired) electrons. The lowest BCUT2D eigenvalue weighted by Crippen LogP contribution is -2.25. The minimum Gasteiger partial charge on any atom is -0.325 e. The number of aryl methyl sites for hydroxylation is 4. The normalized spacial score (nSPS) is 11.7. The molecule has 0 aliphatic heterocycles. The van der Waals surface area contributed by atoms with Gasteiger partial charge >= 0.3 is 0 Å². The maximum Gasteiger partial charge on any atom is 0.237 e. The zero-order valence-corrected chi connectivity index (χ0v) is 16.8.